The number of hydrogen-bond donors (Lipinski definition) is 1. The van der Waals surface area contributed by atoms with Gasteiger partial charge in [0, 0.05) is 18.1 Å². The molecule has 1 saturated carbocycles. The summed E-state index contributed by atoms with van der Waals surface area (Å²) in [7, 11) is 0. The third kappa shape index (κ3) is 3.71. The molecular weight excluding hydrogens is 220 g/mol. The van der Waals surface area contributed by atoms with Gasteiger partial charge < -0.3 is 5.32 Å². The van der Waals surface area contributed by atoms with Crippen LogP contribution in [0.3, 0.4) is 0 Å². The summed E-state index contributed by atoms with van der Waals surface area (Å²) in [4.78, 5) is 2.76. The van der Waals surface area contributed by atoms with Crippen LogP contribution in [0.2, 0.25) is 0 Å². The molecule has 2 fully saturated rings. The zero-order valence-corrected chi connectivity index (χ0v) is 12.7. The molecule has 1 N–H and O–H groups in total. The average Bonchev–Trinajstić information content (AvgIpc) is 3.16. The van der Waals surface area contributed by atoms with Crippen molar-refractivity contribution in [1.29, 1.82) is 0 Å². The highest BCUT2D eigenvalue weighted by molar-refractivity contribution is 5.01. The Bertz CT molecular complexity index is 249. The van der Waals surface area contributed by atoms with Crippen molar-refractivity contribution in [2.24, 2.45) is 5.92 Å². The Labute approximate surface area is 114 Å². The normalized spacial score (nSPS) is 34.5. The molecule has 2 heteroatoms. The van der Waals surface area contributed by atoms with Gasteiger partial charge in [0.1, 0.15) is 0 Å². The molecule has 1 heterocycles. The minimum atomic E-state index is 0.398. The molecule has 0 aromatic heterocycles. The Morgan fingerprint density at radius 2 is 1.94 bits per heavy atom. The van der Waals surface area contributed by atoms with Gasteiger partial charge in [-0.15, -0.1) is 0 Å². The van der Waals surface area contributed by atoms with Crippen LogP contribution in [0.1, 0.15) is 65.7 Å². The van der Waals surface area contributed by atoms with E-state index in [0.717, 1.165) is 12.0 Å². The van der Waals surface area contributed by atoms with E-state index >= 15 is 0 Å². The molecule has 1 saturated heterocycles. The fourth-order valence-corrected chi connectivity index (χ4v) is 3.42. The van der Waals surface area contributed by atoms with Crippen molar-refractivity contribution in [2.45, 2.75) is 77.3 Å². The van der Waals surface area contributed by atoms with Crippen molar-refractivity contribution in [3.8, 4) is 0 Å². The lowest BCUT2D eigenvalue weighted by Crippen LogP contribution is -2.51. The molecule has 0 aromatic rings. The lowest BCUT2D eigenvalue weighted by atomic mass is 9.95. The van der Waals surface area contributed by atoms with Gasteiger partial charge in [0.15, 0.2) is 0 Å². The molecule has 1 aliphatic heterocycles. The summed E-state index contributed by atoms with van der Waals surface area (Å²) in [6.07, 6.45) is 9.75. The first kappa shape index (κ1) is 14.3. The smallest absolute Gasteiger partial charge is 0.0308 e. The molecule has 2 rings (SSSR count). The van der Waals surface area contributed by atoms with Crippen molar-refractivity contribution in [3.63, 3.8) is 0 Å². The van der Waals surface area contributed by atoms with Crippen molar-refractivity contribution in [3.05, 3.63) is 0 Å². The minimum absolute atomic E-state index is 0.398. The van der Waals surface area contributed by atoms with E-state index in [4.69, 9.17) is 0 Å². The summed E-state index contributed by atoms with van der Waals surface area (Å²) in [5.41, 5.74) is 0.398. The Kier molecular flexibility index (Phi) is 5.08. The first-order valence-corrected chi connectivity index (χ1v) is 8.15. The van der Waals surface area contributed by atoms with Crippen molar-refractivity contribution < 1.29 is 0 Å². The monoisotopic (exact) mass is 252 g/mol. The third-order valence-electron chi connectivity index (χ3n) is 5.02. The number of nitrogens with one attached hydrogen (secondary N) is 1. The zero-order chi connectivity index (χ0) is 13.0. The second-order valence-corrected chi connectivity index (χ2v) is 6.79. The van der Waals surface area contributed by atoms with Gasteiger partial charge in [-0.3, -0.25) is 4.90 Å². The maximum absolute atomic E-state index is 3.84. The molecule has 0 aromatic carbocycles. The summed E-state index contributed by atoms with van der Waals surface area (Å²) >= 11 is 0. The fourth-order valence-electron chi connectivity index (χ4n) is 3.42. The van der Waals surface area contributed by atoms with Crippen LogP contribution < -0.4 is 5.32 Å². The van der Waals surface area contributed by atoms with Crippen LogP contribution in [0.4, 0.5) is 0 Å². The van der Waals surface area contributed by atoms with E-state index in [0.29, 0.717) is 5.54 Å². The standard InChI is InChI=1S/C16H32N2/c1-4-5-6-7-12-18-13-16(3,15-8-9-15)17-11-10-14(18)2/h14-15,17H,4-13H2,1-3H3. The number of hydrogen-bond acceptors (Lipinski definition) is 2. The van der Waals surface area contributed by atoms with Crippen LogP contribution in [0, 0.1) is 5.92 Å². The summed E-state index contributed by atoms with van der Waals surface area (Å²) in [6.45, 7) is 11.0. The van der Waals surface area contributed by atoms with Crippen LogP contribution in [0.5, 0.6) is 0 Å². The predicted octanol–water partition coefficient (Wildman–Crippen LogP) is 3.42. The Morgan fingerprint density at radius 1 is 1.17 bits per heavy atom. The number of unbranched alkanes of at least 4 members (excludes halogenated alkanes) is 3. The highest BCUT2D eigenvalue weighted by Gasteiger charge is 2.43. The summed E-state index contributed by atoms with van der Waals surface area (Å²) in [5, 5.41) is 3.84. The van der Waals surface area contributed by atoms with Crippen LogP contribution in [0.15, 0.2) is 0 Å². The molecule has 2 unspecified atom stereocenters. The molecule has 1 aliphatic carbocycles. The first-order chi connectivity index (χ1) is 8.65. The number of nitrogens with zero attached hydrogens (tertiary/aromatic N) is 1. The van der Waals surface area contributed by atoms with Crippen molar-refractivity contribution in [2.75, 3.05) is 19.6 Å². The van der Waals surface area contributed by atoms with Gasteiger partial charge >= 0.3 is 0 Å². The highest BCUT2D eigenvalue weighted by atomic mass is 15.2. The van der Waals surface area contributed by atoms with E-state index in [1.807, 2.05) is 0 Å². The van der Waals surface area contributed by atoms with Crippen LogP contribution in [-0.2, 0) is 0 Å². The fraction of sp³-hybridized carbons (Fsp3) is 1.00. The van der Waals surface area contributed by atoms with E-state index < -0.39 is 0 Å². The largest absolute Gasteiger partial charge is 0.310 e. The molecule has 0 amide bonds. The van der Waals surface area contributed by atoms with E-state index in [1.165, 1.54) is 64.6 Å². The molecular formula is C16H32N2. The SMILES string of the molecule is CCCCCCN1CC(C)(C2CC2)NCCC1C. The third-order valence-corrected chi connectivity index (χ3v) is 5.02. The van der Waals surface area contributed by atoms with Gasteiger partial charge in [0.2, 0.25) is 0 Å². The Balaban J connectivity index is 1.84. The molecule has 18 heavy (non-hydrogen) atoms. The van der Waals surface area contributed by atoms with Crippen LogP contribution >= 0.6 is 0 Å². The molecule has 2 aliphatic rings. The predicted molar refractivity (Wildman–Crippen MR) is 78.9 cm³/mol. The maximum atomic E-state index is 3.84. The highest BCUT2D eigenvalue weighted by Crippen LogP contribution is 2.41. The van der Waals surface area contributed by atoms with E-state index in [-0.39, 0.29) is 0 Å². The second kappa shape index (κ2) is 6.38. The molecule has 0 bridgehead atoms. The summed E-state index contributed by atoms with van der Waals surface area (Å²) < 4.78 is 0. The van der Waals surface area contributed by atoms with Gasteiger partial charge in [-0.1, -0.05) is 26.2 Å². The van der Waals surface area contributed by atoms with Gasteiger partial charge in [-0.25, -0.2) is 0 Å². The molecule has 0 radical (unpaired) electrons. The molecule has 106 valence electrons. The molecule has 0 spiro atoms. The van der Waals surface area contributed by atoms with Crippen molar-refractivity contribution in [1.82, 2.24) is 10.2 Å². The quantitative estimate of drug-likeness (QED) is 0.729. The van der Waals surface area contributed by atoms with E-state index in [2.05, 4.69) is 31.0 Å². The second-order valence-electron chi connectivity index (χ2n) is 6.79. The lowest BCUT2D eigenvalue weighted by Gasteiger charge is -2.36. The van der Waals surface area contributed by atoms with Crippen molar-refractivity contribution >= 4 is 0 Å². The molecule has 2 atom stereocenters. The first-order valence-electron chi connectivity index (χ1n) is 8.15. The minimum Gasteiger partial charge on any atom is -0.310 e. The maximum Gasteiger partial charge on any atom is 0.0308 e. The topological polar surface area (TPSA) is 15.3 Å². The Morgan fingerprint density at radius 3 is 2.61 bits per heavy atom. The average molecular weight is 252 g/mol. The Hall–Kier alpha value is -0.0800. The van der Waals surface area contributed by atoms with Gasteiger partial charge in [0.25, 0.3) is 0 Å². The zero-order valence-electron chi connectivity index (χ0n) is 12.7. The number of rotatable bonds is 6. The summed E-state index contributed by atoms with van der Waals surface area (Å²) in [6, 6.07) is 0.764. The van der Waals surface area contributed by atoms with Gasteiger partial charge in [0.05, 0.1) is 0 Å². The van der Waals surface area contributed by atoms with E-state index in [1.54, 1.807) is 0 Å². The van der Waals surface area contributed by atoms with Gasteiger partial charge in [-0.05, 0) is 58.5 Å². The lowest BCUT2D eigenvalue weighted by molar-refractivity contribution is 0.159. The molecule has 2 nitrogen and oxygen atoms in total. The van der Waals surface area contributed by atoms with Gasteiger partial charge in [-0.2, -0.15) is 0 Å². The van der Waals surface area contributed by atoms with E-state index in [9.17, 15) is 0 Å². The summed E-state index contributed by atoms with van der Waals surface area (Å²) in [5.74, 6) is 0.945. The van der Waals surface area contributed by atoms with Crippen LogP contribution in [0.25, 0.3) is 0 Å². The van der Waals surface area contributed by atoms with Crippen LogP contribution in [-0.4, -0.2) is 36.1 Å².